The molecule has 0 aliphatic rings. The average molecular weight is 506 g/mol. The number of amides is 1. The molecule has 3 N–H and O–H groups in total. The number of pyridine rings is 2. The van der Waals surface area contributed by atoms with Crippen LogP contribution in [0.1, 0.15) is 35.7 Å². The Morgan fingerprint density at radius 3 is 2.49 bits per heavy atom. The SMILES string of the molecule is CNC(=O)c1ccnc2c(C(C)[C@H](C)CNc3cc(-c4ccc(NCC(F)F)nc4)ncn3)cccc12. The molecule has 3 aromatic heterocycles. The molecular formula is C27H29F2N7O. The van der Waals surface area contributed by atoms with Gasteiger partial charge in [-0.05, 0) is 35.6 Å². The largest absolute Gasteiger partial charge is 0.370 e. The van der Waals surface area contributed by atoms with Crippen molar-refractivity contribution in [2.24, 2.45) is 5.92 Å². The van der Waals surface area contributed by atoms with Crippen molar-refractivity contribution in [1.82, 2.24) is 25.3 Å². The van der Waals surface area contributed by atoms with Crippen molar-refractivity contribution in [3.05, 3.63) is 72.3 Å². The fraction of sp³-hybridized carbons (Fsp3) is 0.296. The van der Waals surface area contributed by atoms with E-state index in [1.54, 1.807) is 37.6 Å². The molecule has 0 saturated carbocycles. The van der Waals surface area contributed by atoms with Crippen LogP contribution in [-0.2, 0) is 0 Å². The Kier molecular flexibility index (Phi) is 8.17. The van der Waals surface area contributed by atoms with Crippen LogP contribution in [0.4, 0.5) is 20.4 Å². The molecule has 0 saturated heterocycles. The topological polar surface area (TPSA) is 105 Å². The Hall–Kier alpha value is -4.21. The molecule has 192 valence electrons. The standard InChI is InChI=1S/C27H29F2N7O/c1-16(17(2)19-5-4-6-20-21(27(37)30-3)9-10-31-26(19)20)12-32-25-11-22(35-15-36-25)18-7-8-24(33-13-18)34-14-23(28)29/h4-11,13,15-17,23H,12,14H2,1-3H3,(H,30,37)(H,33,34)(H,32,35,36)/t16-,17?/m1/s1. The second kappa shape index (κ2) is 11.7. The highest BCUT2D eigenvalue weighted by atomic mass is 19.3. The number of carbonyl (C=O) groups excluding carboxylic acids is 1. The van der Waals surface area contributed by atoms with Gasteiger partial charge in [-0.2, -0.15) is 0 Å². The number of aromatic nitrogens is 4. The number of carbonyl (C=O) groups is 1. The summed E-state index contributed by atoms with van der Waals surface area (Å²) < 4.78 is 24.8. The lowest BCUT2D eigenvalue weighted by molar-refractivity contribution is 0.0964. The average Bonchev–Trinajstić information content (AvgIpc) is 2.93. The molecule has 0 aliphatic heterocycles. The van der Waals surface area contributed by atoms with Gasteiger partial charge in [0.2, 0.25) is 0 Å². The molecule has 1 amide bonds. The van der Waals surface area contributed by atoms with Crippen LogP contribution in [0, 0.1) is 5.92 Å². The number of nitrogens with zero attached hydrogens (tertiary/aromatic N) is 4. The highest BCUT2D eigenvalue weighted by Crippen LogP contribution is 2.31. The van der Waals surface area contributed by atoms with Crippen LogP contribution in [0.25, 0.3) is 22.2 Å². The van der Waals surface area contributed by atoms with E-state index in [9.17, 15) is 13.6 Å². The number of halogens is 2. The highest BCUT2D eigenvalue weighted by molar-refractivity contribution is 6.06. The second-order valence-electron chi connectivity index (χ2n) is 8.82. The molecule has 3 heterocycles. The van der Waals surface area contributed by atoms with Crippen molar-refractivity contribution in [2.45, 2.75) is 26.2 Å². The Bertz CT molecular complexity index is 1360. The minimum Gasteiger partial charge on any atom is -0.370 e. The van der Waals surface area contributed by atoms with E-state index in [0.29, 0.717) is 29.4 Å². The number of fused-ring (bicyclic) bond motifs is 1. The molecule has 4 aromatic rings. The van der Waals surface area contributed by atoms with Crippen LogP contribution in [0.5, 0.6) is 0 Å². The van der Waals surface area contributed by atoms with E-state index in [2.05, 4.69) is 55.8 Å². The Morgan fingerprint density at radius 2 is 1.76 bits per heavy atom. The van der Waals surface area contributed by atoms with Gasteiger partial charge < -0.3 is 16.0 Å². The fourth-order valence-corrected chi connectivity index (χ4v) is 4.09. The summed E-state index contributed by atoms with van der Waals surface area (Å²) in [7, 11) is 1.62. The molecule has 8 nitrogen and oxygen atoms in total. The van der Waals surface area contributed by atoms with Crippen molar-refractivity contribution in [2.75, 3.05) is 30.8 Å². The van der Waals surface area contributed by atoms with E-state index in [1.165, 1.54) is 6.33 Å². The number of nitrogens with one attached hydrogen (secondary N) is 3. The first-order valence-electron chi connectivity index (χ1n) is 12.0. The smallest absolute Gasteiger partial charge is 0.255 e. The summed E-state index contributed by atoms with van der Waals surface area (Å²) >= 11 is 0. The third-order valence-corrected chi connectivity index (χ3v) is 6.39. The molecule has 4 rings (SSSR count). The minimum absolute atomic E-state index is 0.138. The zero-order valence-corrected chi connectivity index (χ0v) is 20.9. The van der Waals surface area contributed by atoms with Crippen LogP contribution >= 0.6 is 0 Å². The summed E-state index contributed by atoms with van der Waals surface area (Å²) in [6.07, 6.45) is 2.29. The van der Waals surface area contributed by atoms with Crippen molar-refractivity contribution < 1.29 is 13.6 Å². The molecule has 1 aromatic carbocycles. The van der Waals surface area contributed by atoms with Gasteiger partial charge in [0.25, 0.3) is 12.3 Å². The van der Waals surface area contributed by atoms with Crippen LogP contribution in [0.15, 0.2) is 61.2 Å². The second-order valence-corrected chi connectivity index (χ2v) is 8.82. The van der Waals surface area contributed by atoms with Crippen molar-refractivity contribution in [3.8, 4) is 11.3 Å². The van der Waals surface area contributed by atoms with E-state index in [0.717, 1.165) is 22.0 Å². The van der Waals surface area contributed by atoms with Gasteiger partial charge in [0.15, 0.2) is 0 Å². The number of alkyl halides is 2. The maximum Gasteiger partial charge on any atom is 0.255 e. The summed E-state index contributed by atoms with van der Waals surface area (Å²) in [6.45, 7) is 4.50. The molecular weight excluding hydrogens is 476 g/mol. The first kappa shape index (κ1) is 25.9. The van der Waals surface area contributed by atoms with Gasteiger partial charge in [0, 0.05) is 43.0 Å². The third kappa shape index (κ3) is 6.14. The zero-order valence-electron chi connectivity index (χ0n) is 20.9. The lowest BCUT2D eigenvalue weighted by Crippen LogP contribution is -2.19. The first-order valence-corrected chi connectivity index (χ1v) is 12.0. The van der Waals surface area contributed by atoms with Crippen LogP contribution in [-0.4, -0.2) is 52.4 Å². The van der Waals surface area contributed by atoms with Gasteiger partial charge >= 0.3 is 0 Å². The molecule has 1 unspecified atom stereocenters. The summed E-state index contributed by atoms with van der Waals surface area (Å²) in [4.78, 5) is 29.7. The number of hydrogen-bond donors (Lipinski definition) is 3. The lowest BCUT2D eigenvalue weighted by atomic mass is 9.87. The molecule has 0 spiro atoms. The number of hydrogen-bond acceptors (Lipinski definition) is 7. The molecule has 0 bridgehead atoms. The van der Waals surface area contributed by atoms with Gasteiger partial charge in [-0.3, -0.25) is 9.78 Å². The number of anilines is 2. The summed E-state index contributed by atoms with van der Waals surface area (Å²) in [5.74, 6) is 1.28. The van der Waals surface area contributed by atoms with E-state index in [1.807, 2.05) is 18.2 Å². The number of benzene rings is 1. The van der Waals surface area contributed by atoms with Gasteiger partial charge in [-0.1, -0.05) is 32.0 Å². The summed E-state index contributed by atoms with van der Waals surface area (Å²) in [5.41, 5.74) is 3.93. The Balaban J connectivity index is 1.45. The summed E-state index contributed by atoms with van der Waals surface area (Å²) in [6, 6.07) is 12.9. The van der Waals surface area contributed by atoms with Crippen molar-refractivity contribution in [3.63, 3.8) is 0 Å². The van der Waals surface area contributed by atoms with Gasteiger partial charge in [-0.25, -0.2) is 23.7 Å². The lowest BCUT2D eigenvalue weighted by Gasteiger charge is -2.22. The molecule has 0 fully saturated rings. The molecule has 0 radical (unpaired) electrons. The predicted molar refractivity (Wildman–Crippen MR) is 141 cm³/mol. The minimum atomic E-state index is -2.45. The van der Waals surface area contributed by atoms with Crippen LogP contribution < -0.4 is 16.0 Å². The van der Waals surface area contributed by atoms with Gasteiger partial charge in [0.05, 0.1) is 23.3 Å². The van der Waals surface area contributed by atoms with Crippen molar-refractivity contribution >= 4 is 28.4 Å². The maximum atomic E-state index is 12.4. The van der Waals surface area contributed by atoms with E-state index < -0.39 is 13.0 Å². The highest BCUT2D eigenvalue weighted by Gasteiger charge is 2.19. The Morgan fingerprint density at radius 1 is 0.946 bits per heavy atom. The monoisotopic (exact) mass is 505 g/mol. The van der Waals surface area contributed by atoms with E-state index in [4.69, 9.17) is 0 Å². The maximum absolute atomic E-state index is 12.4. The first-order chi connectivity index (χ1) is 17.9. The normalized spacial score (nSPS) is 12.8. The zero-order chi connectivity index (χ0) is 26.4. The fourth-order valence-electron chi connectivity index (χ4n) is 4.09. The molecule has 37 heavy (non-hydrogen) atoms. The van der Waals surface area contributed by atoms with Crippen molar-refractivity contribution in [1.29, 1.82) is 0 Å². The van der Waals surface area contributed by atoms with Gasteiger partial charge in [0.1, 0.15) is 18.0 Å². The Labute approximate surface area is 214 Å². The van der Waals surface area contributed by atoms with E-state index in [-0.39, 0.29) is 17.7 Å². The third-order valence-electron chi connectivity index (χ3n) is 6.39. The molecule has 2 atom stereocenters. The molecule has 10 heteroatoms. The number of rotatable bonds is 10. The number of para-hydroxylation sites is 1. The van der Waals surface area contributed by atoms with Crippen LogP contribution in [0.3, 0.4) is 0 Å². The molecule has 0 aliphatic carbocycles. The van der Waals surface area contributed by atoms with Crippen LogP contribution in [0.2, 0.25) is 0 Å². The van der Waals surface area contributed by atoms with E-state index >= 15 is 0 Å². The van der Waals surface area contributed by atoms with Gasteiger partial charge in [-0.15, -0.1) is 0 Å². The summed E-state index contributed by atoms with van der Waals surface area (Å²) in [5, 5.41) is 9.49. The predicted octanol–water partition coefficient (Wildman–Crippen LogP) is 4.98. The quantitative estimate of drug-likeness (QED) is 0.279.